The zero-order chi connectivity index (χ0) is 10.8. The quantitative estimate of drug-likeness (QED) is 0.513. The van der Waals surface area contributed by atoms with Gasteiger partial charge in [-0.3, -0.25) is 0 Å². The van der Waals surface area contributed by atoms with Crippen LogP contribution in [-0.2, 0) is 0 Å². The molecule has 3 rings (SSSR count). The lowest BCUT2D eigenvalue weighted by molar-refractivity contribution is 0.0733. The molecule has 0 aliphatic heterocycles. The van der Waals surface area contributed by atoms with Gasteiger partial charge in [0.05, 0.1) is 0 Å². The molecule has 0 radical (unpaired) electrons. The highest BCUT2D eigenvalue weighted by Crippen LogP contribution is 2.73. The standard InChI is InChI=1S/C15H24/c1-10-5-8-15-12(3)11(2)9-14(15,4)7-6-13(10)15/h9-10,12-13H,5-8H2,1-4H3/t10-,12-,13+,14+,15+/m1/s1. The molecule has 5 atom stereocenters. The second-order valence-electron chi connectivity index (χ2n) is 6.73. The highest BCUT2D eigenvalue weighted by atomic mass is 14.7. The molecule has 0 N–H and O–H groups in total. The summed E-state index contributed by atoms with van der Waals surface area (Å²) in [4.78, 5) is 0. The lowest BCUT2D eigenvalue weighted by Crippen LogP contribution is -2.37. The zero-order valence-electron chi connectivity index (χ0n) is 10.6. The van der Waals surface area contributed by atoms with Gasteiger partial charge in [0.15, 0.2) is 0 Å². The molecule has 0 aromatic rings. The van der Waals surface area contributed by atoms with Crippen molar-refractivity contribution < 1.29 is 0 Å². The van der Waals surface area contributed by atoms with Gasteiger partial charge >= 0.3 is 0 Å². The molecule has 0 saturated heterocycles. The molecule has 2 fully saturated rings. The number of hydrogen-bond acceptors (Lipinski definition) is 0. The van der Waals surface area contributed by atoms with Gasteiger partial charge in [0.2, 0.25) is 0 Å². The van der Waals surface area contributed by atoms with E-state index in [2.05, 4.69) is 33.8 Å². The van der Waals surface area contributed by atoms with Crippen molar-refractivity contribution in [1.82, 2.24) is 0 Å². The normalized spacial score (nSPS) is 57.9. The maximum absolute atomic E-state index is 2.63. The summed E-state index contributed by atoms with van der Waals surface area (Å²) in [7, 11) is 0. The third-order valence-electron chi connectivity index (χ3n) is 6.40. The van der Waals surface area contributed by atoms with Crippen molar-refractivity contribution >= 4 is 0 Å². The predicted molar refractivity (Wildman–Crippen MR) is 64.6 cm³/mol. The van der Waals surface area contributed by atoms with E-state index in [-0.39, 0.29) is 0 Å². The molecule has 0 nitrogen and oxygen atoms in total. The molecule has 0 bridgehead atoms. The van der Waals surface area contributed by atoms with Crippen molar-refractivity contribution in [3.8, 4) is 0 Å². The molecular weight excluding hydrogens is 180 g/mol. The van der Waals surface area contributed by atoms with E-state index in [1.54, 1.807) is 5.57 Å². The second kappa shape index (κ2) is 2.70. The van der Waals surface area contributed by atoms with E-state index in [0.29, 0.717) is 10.8 Å². The average molecular weight is 204 g/mol. The summed E-state index contributed by atoms with van der Waals surface area (Å²) in [6, 6.07) is 0. The van der Waals surface area contributed by atoms with Gasteiger partial charge in [0.1, 0.15) is 0 Å². The molecule has 0 unspecified atom stereocenters. The van der Waals surface area contributed by atoms with E-state index >= 15 is 0 Å². The maximum atomic E-state index is 2.63. The molecule has 0 heterocycles. The fourth-order valence-electron chi connectivity index (χ4n) is 5.57. The molecule has 0 aromatic heterocycles. The lowest BCUT2D eigenvalue weighted by Gasteiger charge is -2.42. The SMILES string of the molecule is CC1=C[C@]2(C)CC[C@H]3[C@H](C)CC[C@]32[C@@H]1C. The van der Waals surface area contributed by atoms with Crippen LogP contribution in [0.3, 0.4) is 0 Å². The minimum Gasteiger partial charge on any atom is -0.0788 e. The van der Waals surface area contributed by atoms with Gasteiger partial charge in [-0.25, -0.2) is 0 Å². The number of rotatable bonds is 0. The van der Waals surface area contributed by atoms with E-state index in [1.807, 2.05) is 0 Å². The highest BCUT2D eigenvalue weighted by Gasteiger charge is 2.65. The van der Waals surface area contributed by atoms with Crippen LogP contribution in [0.25, 0.3) is 0 Å². The summed E-state index contributed by atoms with van der Waals surface area (Å²) in [5.74, 6) is 2.85. The Balaban J connectivity index is 2.11. The zero-order valence-corrected chi connectivity index (χ0v) is 10.6. The Labute approximate surface area is 94.1 Å². The molecule has 0 heteroatoms. The van der Waals surface area contributed by atoms with Crippen LogP contribution in [0.4, 0.5) is 0 Å². The number of hydrogen-bond donors (Lipinski definition) is 0. The largest absolute Gasteiger partial charge is 0.0788 e. The molecular formula is C15H24. The van der Waals surface area contributed by atoms with Crippen LogP contribution in [0.2, 0.25) is 0 Å². The van der Waals surface area contributed by atoms with Gasteiger partial charge in [-0.2, -0.15) is 0 Å². The lowest BCUT2D eigenvalue weighted by atomic mass is 9.61. The van der Waals surface area contributed by atoms with Crippen LogP contribution in [0.5, 0.6) is 0 Å². The Kier molecular flexibility index (Phi) is 1.79. The minimum atomic E-state index is 0.548. The summed E-state index contributed by atoms with van der Waals surface area (Å²) in [6.45, 7) is 9.89. The first-order chi connectivity index (χ1) is 7.01. The van der Waals surface area contributed by atoms with E-state index < -0.39 is 0 Å². The van der Waals surface area contributed by atoms with Crippen LogP contribution in [0.1, 0.15) is 53.4 Å². The fourth-order valence-corrected chi connectivity index (χ4v) is 5.57. The van der Waals surface area contributed by atoms with E-state index in [0.717, 1.165) is 17.8 Å². The Bertz CT molecular complexity index is 327. The summed E-state index contributed by atoms with van der Waals surface area (Å²) in [5.41, 5.74) is 2.89. The third kappa shape index (κ3) is 0.905. The molecule has 15 heavy (non-hydrogen) atoms. The average Bonchev–Trinajstić information content (AvgIpc) is 2.70. The van der Waals surface area contributed by atoms with Gasteiger partial charge in [-0.05, 0) is 61.2 Å². The second-order valence-corrected chi connectivity index (χ2v) is 6.73. The molecule has 3 aliphatic carbocycles. The summed E-state index contributed by atoms with van der Waals surface area (Å²) in [6.07, 6.45) is 8.54. The molecule has 0 aromatic carbocycles. The Hall–Kier alpha value is -0.260. The first kappa shape index (κ1) is 9.93. The van der Waals surface area contributed by atoms with Crippen molar-refractivity contribution in [1.29, 1.82) is 0 Å². The van der Waals surface area contributed by atoms with E-state index in [4.69, 9.17) is 0 Å². The molecule has 2 saturated carbocycles. The molecule has 1 spiro atoms. The van der Waals surface area contributed by atoms with Crippen molar-refractivity contribution in [2.45, 2.75) is 53.4 Å². The van der Waals surface area contributed by atoms with Gasteiger partial charge < -0.3 is 0 Å². The Morgan fingerprint density at radius 1 is 1.20 bits per heavy atom. The van der Waals surface area contributed by atoms with Gasteiger partial charge in [-0.1, -0.05) is 32.4 Å². The fraction of sp³-hybridized carbons (Fsp3) is 0.867. The van der Waals surface area contributed by atoms with Crippen LogP contribution in [-0.4, -0.2) is 0 Å². The van der Waals surface area contributed by atoms with Crippen LogP contribution < -0.4 is 0 Å². The predicted octanol–water partition coefficient (Wildman–Crippen LogP) is 4.42. The summed E-state index contributed by atoms with van der Waals surface area (Å²) < 4.78 is 0. The van der Waals surface area contributed by atoms with E-state index in [1.165, 1.54) is 25.7 Å². The minimum absolute atomic E-state index is 0.548. The monoisotopic (exact) mass is 204 g/mol. The van der Waals surface area contributed by atoms with Gasteiger partial charge in [0.25, 0.3) is 0 Å². The van der Waals surface area contributed by atoms with Crippen LogP contribution >= 0.6 is 0 Å². The summed E-state index contributed by atoms with van der Waals surface area (Å²) in [5, 5.41) is 0. The molecule has 0 amide bonds. The third-order valence-corrected chi connectivity index (χ3v) is 6.40. The van der Waals surface area contributed by atoms with E-state index in [9.17, 15) is 0 Å². The maximum Gasteiger partial charge on any atom is -0.00790 e. The highest BCUT2D eigenvalue weighted by molar-refractivity contribution is 5.31. The van der Waals surface area contributed by atoms with Crippen molar-refractivity contribution in [3.05, 3.63) is 11.6 Å². The first-order valence-electron chi connectivity index (χ1n) is 6.71. The Morgan fingerprint density at radius 3 is 2.67 bits per heavy atom. The van der Waals surface area contributed by atoms with Crippen molar-refractivity contribution in [2.75, 3.05) is 0 Å². The topological polar surface area (TPSA) is 0 Å². The molecule has 84 valence electrons. The van der Waals surface area contributed by atoms with Gasteiger partial charge in [-0.15, -0.1) is 0 Å². The molecule has 3 aliphatic rings. The van der Waals surface area contributed by atoms with Crippen molar-refractivity contribution in [3.63, 3.8) is 0 Å². The number of allylic oxidation sites excluding steroid dienone is 2. The van der Waals surface area contributed by atoms with Crippen LogP contribution in [0.15, 0.2) is 11.6 Å². The van der Waals surface area contributed by atoms with Crippen molar-refractivity contribution in [2.24, 2.45) is 28.6 Å². The Morgan fingerprint density at radius 2 is 1.93 bits per heavy atom. The first-order valence-corrected chi connectivity index (χ1v) is 6.71. The van der Waals surface area contributed by atoms with Crippen LogP contribution in [0, 0.1) is 28.6 Å². The smallest absolute Gasteiger partial charge is 0.00790 e. The summed E-state index contributed by atoms with van der Waals surface area (Å²) >= 11 is 0. The van der Waals surface area contributed by atoms with Gasteiger partial charge in [0, 0.05) is 0 Å².